The van der Waals surface area contributed by atoms with Crippen LogP contribution in [0.5, 0.6) is 0 Å². The molecule has 0 amide bonds. The van der Waals surface area contributed by atoms with Gasteiger partial charge in [0.2, 0.25) is 0 Å². The zero-order chi connectivity index (χ0) is 11.4. The van der Waals surface area contributed by atoms with Gasteiger partial charge in [0.05, 0.1) is 9.89 Å². The van der Waals surface area contributed by atoms with Crippen molar-refractivity contribution in [1.82, 2.24) is 0 Å². The zero-order valence-electron chi connectivity index (χ0n) is 9.12. The van der Waals surface area contributed by atoms with Crippen LogP contribution in [0.15, 0.2) is 15.9 Å². The van der Waals surface area contributed by atoms with Gasteiger partial charge in [-0.2, -0.15) is 0 Å². The van der Waals surface area contributed by atoms with E-state index in [9.17, 15) is 0 Å². The highest BCUT2D eigenvalue weighted by molar-refractivity contribution is 9.11. The van der Waals surface area contributed by atoms with E-state index in [0.29, 0.717) is 10.9 Å². The molecule has 0 aliphatic carbocycles. The molecule has 0 spiro atoms. The largest absolute Gasteiger partial charge is 0.378 e. The quantitative estimate of drug-likeness (QED) is 0.656. The molecule has 1 nitrogen and oxygen atoms in total. The lowest BCUT2D eigenvalue weighted by molar-refractivity contribution is 0.0102. The summed E-state index contributed by atoms with van der Waals surface area (Å²) in [6, 6.07) is 4.31. The Bertz CT molecular complexity index is 321. The van der Waals surface area contributed by atoms with Crippen molar-refractivity contribution in [2.45, 2.75) is 43.0 Å². The van der Waals surface area contributed by atoms with E-state index in [2.05, 4.69) is 44.0 Å². The number of hydrogen-bond donors (Lipinski definition) is 0. The normalized spacial score (nSPS) is 23.2. The van der Waals surface area contributed by atoms with E-state index in [0.717, 1.165) is 13.0 Å². The number of halogens is 2. The van der Waals surface area contributed by atoms with Gasteiger partial charge in [-0.05, 0) is 60.2 Å². The molecular formula is C12H16Br2OS. The third kappa shape index (κ3) is 3.83. The summed E-state index contributed by atoms with van der Waals surface area (Å²) in [6.07, 6.45) is 6.66. The van der Waals surface area contributed by atoms with Gasteiger partial charge >= 0.3 is 0 Å². The summed E-state index contributed by atoms with van der Waals surface area (Å²) in [7, 11) is 0. The molecule has 0 radical (unpaired) electrons. The number of hydrogen-bond acceptors (Lipinski definition) is 2. The molecule has 1 aliphatic heterocycles. The lowest BCUT2D eigenvalue weighted by Gasteiger charge is -2.23. The fraction of sp³-hybridized carbons (Fsp3) is 0.667. The highest BCUT2D eigenvalue weighted by Crippen LogP contribution is 2.36. The summed E-state index contributed by atoms with van der Waals surface area (Å²) in [4.78, 5) is 1.89. The van der Waals surface area contributed by atoms with E-state index in [-0.39, 0.29) is 0 Å². The van der Waals surface area contributed by atoms with Crippen LogP contribution < -0.4 is 0 Å². The molecule has 1 aliphatic rings. The van der Waals surface area contributed by atoms with Crippen LogP contribution in [0.3, 0.4) is 0 Å². The van der Waals surface area contributed by atoms with Gasteiger partial charge in [-0.25, -0.2) is 0 Å². The van der Waals surface area contributed by atoms with Crippen molar-refractivity contribution in [2.24, 2.45) is 0 Å². The molecule has 1 aromatic rings. The average molecular weight is 368 g/mol. The SMILES string of the molecule is Brc1ccc(C(Br)CCC2CCCCO2)s1. The summed E-state index contributed by atoms with van der Waals surface area (Å²) in [6.45, 7) is 0.960. The van der Waals surface area contributed by atoms with Crippen molar-refractivity contribution in [3.63, 3.8) is 0 Å². The van der Waals surface area contributed by atoms with E-state index < -0.39 is 0 Å². The lowest BCUT2D eigenvalue weighted by Crippen LogP contribution is -2.19. The van der Waals surface area contributed by atoms with Gasteiger partial charge in [0, 0.05) is 16.3 Å². The van der Waals surface area contributed by atoms with Gasteiger partial charge in [0.25, 0.3) is 0 Å². The second-order valence-electron chi connectivity index (χ2n) is 4.18. The molecule has 4 heteroatoms. The van der Waals surface area contributed by atoms with Crippen molar-refractivity contribution in [1.29, 1.82) is 0 Å². The molecule has 16 heavy (non-hydrogen) atoms. The smallest absolute Gasteiger partial charge is 0.0701 e. The van der Waals surface area contributed by atoms with E-state index in [4.69, 9.17) is 4.74 Å². The summed E-state index contributed by atoms with van der Waals surface area (Å²) in [5.74, 6) is 0. The Hall–Kier alpha value is 0.620. The van der Waals surface area contributed by atoms with Gasteiger partial charge in [-0.3, -0.25) is 0 Å². The maximum absolute atomic E-state index is 5.74. The van der Waals surface area contributed by atoms with E-state index >= 15 is 0 Å². The zero-order valence-corrected chi connectivity index (χ0v) is 13.1. The maximum atomic E-state index is 5.74. The third-order valence-electron chi connectivity index (χ3n) is 2.92. The average Bonchev–Trinajstić information content (AvgIpc) is 2.74. The molecule has 1 fully saturated rings. The molecular weight excluding hydrogens is 352 g/mol. The first kappa shape index (κ1) is 13.1. The van der Waals surface area contributed by atoms with Crippen molar-refractivity contribution in [3.05, 3.63) is 20.8 Å². The van der Waals surface area contributed by atoms with Gasteiger partial charge < -0.3 is 4.74 Å². The fourth-order valence-electron chi connectivity index (χ4n) is 2.01. The van der Waals surface area contributed by atoms with E-state index in [1.807, 2.05) is 11.3 Å². The molecule has 2 heterocycles. The van der Waals surface area contributed by atoms with E-state index in [1.165, 1.54) is 34.3 Å². The summed E-state index contributed by atoms with van der Waals surface area (Å²) >= 11 is 9.07. The Morgan fingerprint density at radius 3 is 2.94 bits per heavy atom. The second-order valence-corrected chi connectivity index (χ2v) is 7.78. The molecule has 2 atom stereocenters. The highest BCUT2D eigenvalue weighted by atomic mass is 79.9. The summed E-state index contributed by atoms with van der Waals surface area (Å²) in [5, 5.41) is 0. The molecule has 90 valence electrons. The van der Waals surface area contributed by atoms with Gasteiger partial charge in [0.1, 0.15) is 0 Å². The first-order valence-corrected chi connectivity index (χ1v) is 8.29. The highest BCUT2D eigenvalue weighted by Gasteiger charge is 2.17. The molecule has 1 aromatic heterocycles. The Morgan fingerprint density at radius 1 is 1.44 bits per heavy atom. The molecule has 1 saturated heterocycles. The van der Waals surface area contributed by atoms with Gasteiger partial charge in [0.15, 0.2) is 0 Å². The predicted octanol–water partition coefficient (Wildman–Crippen LogP) is 5.30. The number of alkyl halides is 1. The van der Waals surface area contributed by atoms with Crippen LogP contribution in [0.2, 0.25) is 0 Å². The van der Waals surface area contributed by atoms with Crippen molar-refractivity contribution in [2.75, 3.05) is 6.61 Å². The number of rotatable bonds is 4. The van der Waals surface area contributed by atoms with Gasteiger partial charge in [-0.15, -0.1) is 11.3 Å². The van der Waals surface area contributed by atoms with Crippen LogP contribution in [-0.2, 0) is 4.74 Å². The molecule has 0 saturated carbocycles. The fourth-order valence-corrected chi connectivity index (χ4v) is 4.14. The summed E-state index contributed by atoms with van der Waals surface area (Å²) < 4.78 is 6.95. The molecule has 0 N–H and O–H groups in total. The Labute approximate surface area is 118 Å². The Balaban J connectivity index is 1.76. The first-order valence-electron chi connectivity index (χ1n) is 5.76. The van der Waals surface area contributed by atoms with Crippen LogP contribution in [0.1, 0.15) is 41.8 Å². The van der Waals surface area contributed by atoms with Crippen molar-refractivity contribution >= 4 is 43.2 Å². The third-order valence-corrected chi connectivity index (χ3v) is 5.91. The Morgan fingerprint density at radius 2 is 2.31 bits per heavy atom. The minimum absolute atomic E-state index is 0.481. The Kier molecular flexibility index (Phi) is 5.33. The van der Waals surface area contributed by atoms with Crippen molar-refractivity contribution < 1.29 is 4.74 Å². The molecule has 0 bridgehead atoms. The monoisotopic (exact) mass is 366 g/mol. The number of ether oxygens (including phenoxy) is 1. The van der Waals surface area contributed by atoms with Crippen LogP contribution in [-0.4, -0.2) is 12.7 Å². The standard InChI is InChI=1S/C12H16Br2OS/c13-10(11-6-7-12(14)16-11)5-4-9-3-1-2-8-15-9/h6-7,9-10H,1-5,8H2. The van der Waals surface area contributed by atoms with Crippen LogP contribution in [0.25, 0.3) is 0 Å². The van der Waals surface area contributed by atoms with Crippen LogP contribution >= 0.6 is 43.2 Å². The summed E-state index contributed by atoms with van der Waals surface area (Å²) in [5.41, 5.74) is 0. The van der Waals surface area contributed by atoms with Crippen LogP contribution in [0.4, 0.5) is 0 Å². The van der Waals surface area contributed by atoms with Crippen LogP contribution in [0, 0.1) is 0 Å². The predicted molar refractivity (Wildman–Crippen MR) is 76.5 cm³/mol. The van der Waals surface area contributed by atoms with Crippen molar-refractivity contribution in [3.8, 4) is 0 Å². The first-order chi connectivity index (χ1) is 7.75. The lowest BCUT2D eigenvalue weighted by atomic mass is 10.0. The molecule has 2 rings (SSSR count). The van der Waals surface area contributed by atoms with E-state index in [1.54, 1.807) is 0 Å². The number of thiophene rings is 1. The van der Waals surface area contributed by atoms with Gasteiger partial charge in [-0.1, -0.05) is 15.9 Å². The second kappa shape index (κ2) is 6.53. The maximum Gasteiger partial charge on any atom is 0.0701 e. The minimum atomic E-state index is 0.481. The topological polar surface area (TPSA) is 9.23 Å². The molecule has 0 aromatic carbocycles. The minimum Gasteiger partial charge on any atom is -0.378 e. The molecule has 2 unspecified atom stereocenters.